The Labute approximate surface area is 197 Å². The van der Waals surface area contributed by atoms with Gasteiger partial charge in [-0.05, 0) is 37.2 Å². The van der Waals surface area contributed by atoms with Gasteiger partial charge in [-0.15, -0.1) is 24.0 Å². The molecule has 0 bridgehead atoms. The van der Waals surface area contributed by atoms with Crippen LogP contribution in [0.2, 0.25) is 0 Å². The first-order chi connectivity index (χ1) is 13.9. The van der Waals surface area contributed by atoms with Crippen molar-refractivity contribution in [3.63, 3.8) is 0 Å². The molecule has 9 heteroatoms. The van der Waals surface area contributed by atoms with Crippen LogP contribution in [0.15, 0.2) is 59.6 Å². The van der Waals surface area contributed by atoms with Crippen LogP contribution in [0.25, 0.3) is 0 Å². The maximum atomic E-state index is 11.8. The van der Waals surface area contributed by atoms with Gasteiger partial charge >= 0.3 is 0 Å². The molecular formula is C21H31IN4O3S. The molecule has 0 spiro atoms. The third-order valence-corrected chi connectivity index (χ3v) is 5.54. The Kier molecular flexibility index (Phi) is 11.7. The van der Waals surface area contributed by atoms with Crippen molar-refractivity contribution in [1.82, 2.24) is 14.9 Å². The molecule has 2 rings (SSSR count). The van der Waals surface area contributed by atoms with Gasteiger partial charge in [0.25, 0.3) is 0 Å². The normalized spacial score (nSPS) is 11.5. The lowest BCUT2D eigenvalue weighted by molar-refractivity contribution is 0.281. The second-order valence-electron chi connectivity index (χ2n) is 6.54. The highest BCUT2D eigenvalue weighted by atomic mass is 127. The maximum Gasteiger partial charge on any atom is 0.215 e. The number of rotatable bonds is 10. The summed E-state index contributed by atoms with van der Waals surface area (Å²) in [6, 6.07) is 17.2. The molecule has 0 atom stereocenters. The molecule has 0 heterocycles. The predicted octanol–water partition coefficient (Wildman–Crippen LogP) is 2.83. The van der Waals surface area contributed by atoms with Crippen molar-refractivity contribution in [2.75, 3.05) is 33.8 Å². The van der Waals surface area contributed by atoms with Crippen LogP contribution >= 0.6 is 24.0 Å². The minimum Gasteiger partial charge on any atom is -0.492 e. The Balaban J connectivity index is 0.00000450. The van der Waals surface area contributed by atoms with Gasteiger partial charge in [-0.25, -0.2) is 18.1 Å². The van der Waals surface area contributed by atoms with Crippen molar-refractivity contribution >= 4 is 40.0 Å². The fourth-order valence-corrected chi connectivity index (χ4v) is 3.43. The third kappa shape index (κ3) is 9.31. The summed E-state index contributed by atoms with van der Waals surface area (Å²) in [5.41, 5.74) is 1.69. The molecule has 0 saturated carbocycles. The predicted molar refractivity (Wildman–Crippen MR) is 133 cm³/mol. The third-order valence-electron chi connectivity index (χ3n) is 4.21. The van der Waals surface area contributed by atoms with E-state index in [-0.39, 0.29) is 29.7 Å². The number of aliphatic imine (C=N–C) groups is 1. The fourth-order valence-electron chi connectivity index (χ4n) is 2.67. The van der Waals surface area contributed by atoms with Crippen LogP contribution in [0, 0.1) is 0 Å². The number of hydrogen-bond acceptors (Lipinski definition) is 4. The fraction of sp³-hybridized carbons (Fsp3) is 0.381. The molecule has 0 saturated heterocycles. The summed E-state index contributed by atoms with van der Waals surface area (Å²) in [6.45, 7) is 4.46. The SMILES string of the molecule is CCNC(=NCc1cccc(CS(=O)(=O)NC)c1)N(C)CCOc1ccccc1.I. The number of para-hydroxylation sites is 1. The second kappa shape index (κ2) is 13.5. The van der Waals surface area contributed by atoms with Crippen LogP contribution < -0.4 is 14.8 Å². The van der Waals surface area contributed by atoms with E-state index in [1.807, 2.05) is 67.4 Å². The number of hydrogen-bond donors (Lipinski definition) is 2. The van der Waals surface area contributed by atoms with Crippen LogP contribution in [0.3, 0.4) is 0 Å². The first kappa shape index (κ1) is 26.2. The lowest BCUT2D eigenvalue weighted by Crippen LogP contribution is -2.40. The minimum atomic E-state index is -3.30. The van der Waals surface area contributed by atoms with E-state index >= 15 is 0 Å². The zero-order valence-electron chi connectivity index (χ0n) is 17.7. The smallest absolute Gasteiger partial charge is 0.215 e. The van der Waals surface area contributed by atoms with Gasteiger partial charge in [0.2, 0.25) is 10.0 Å². The van der Waals surface area contributed by atoms with Crippen LogP contribution in [-0.2, 0) is 22.3 Å². The highest BCUT2D eigenvalue weighted by Crippen LogP contribution is 2.10. The van der Waals surface area contributed by atoms with Gasteiger partial charge in [0.05, 0.1) is 18.8 Å². The van der Waals surface area contributed by atoms with E-state index in [1.54, 1.807) is 6.07 Å². The van der Waals surface area contributed by atoms with Gasteiger partial charge in [0.15, 0.2) is 5.96 Å². The van der Waals surface area contributed by atoms with Crippen molar-refractivity contribution < 1.29 is 13.2 Å². The molecular weight excluding hydrogens is 515 g/mol. The van der Waals surface area contributed by atoms with Crippen molar-refractivity contribution in [1.29, 1.82) is 0 Å². The molecule has 166 valence electrons. The number of benzene rings is 2. The number of nitrogens with one attached hydrogen (secondary N) is 2. The van der Waals surface area contributed by atoms with Gasteiger partial charge in [-0.3, -0.25) is 0 Å². The zero-order valence-corrected chi connectivity index (χ0v) is 20.8. The van der Waals surface area contributed by atoms with Gasteiger partial charge in [0.1, 0.15) is 12.4 Å². The first-order valence-electron chi connectivity index (χ1n) is 9.60. The summed E-state index contributed by atoms with van der Waals surface area (Å²) >= 11 is 0. The van der Waals surface area contributed by atoms with Crippen LogP contribution in [-0.4, -0.2) is 53.1 Å². The molecule has 7 nitrogen and oxygen atoms in total. The summed E-state index contributed by atoms with van der Waals surface area (Å²) in [4.78, 5) is 6.69. The summed E-state index contributed by atoms with van der Waals surface area (Å²) in [7, 11) is 0.0881. The monoisotopic (exact) mass is 546 g/mol. The summed E-state index contributed by atoms with van der Waals surface area (Å²) in [5, 5.41) is 3.28. The second-order valence-corrected chi connectivity index (χ2v) is 8.46. The Hall–Kier alpha value is -1.85. The molecule has 0 radical (unpaired) electrons. The standard InChI is InChI=1S/C21H30N4O3S.HI/c1-4-23-21(25(3)13-14-28-20-11-6-5-7-12-20)24-16-18-9-8-10-19(15-18)17-29(26,27)22-2;/h5-12,15,22H,4,13-14,16-17H2,1-3H3,(H,23,24);1H. The van der Waals surface area contributed by atoms with Gasteiger partial charge in [-0.2, -0.15) is 0 Å². The number of ether oxygens (including phenoxy) is 1. The summed E-state index contributed by atoms with van der Waals surface area (Å²) in [5.74, 6) is 1.58. The molecule has 2 aromatic carbocycles. The Morgan fingerprint density at radius 1 is 1.10 bits per heavy atom. The van der Waals surface area contributed by atoms with Crippen LogP contribution in [0.5, 0.6) is 5.75 Å². The average molecular weight is 546 g/mol. The molecule has 2 N–H and O–H groups in total. The number of nitrogens with zero attached hydrogens (tertiary/aromatic N) is 2. The molecule has 30 heavy (non-hydrogen) atoms. The summed E-state index contributed by atoms with van der Waals surface area (Å²) < 4.78 is 31.6. The molecule has 0 aliphatic carbocycles. The Bertz CT molecular complexity index is 892. The largest absolute Gasteiger partial charge is 0.492 e. The minimum absolute atomic E-state index is 0. The van der Waals surface area contributed by atoms with Gasteiger partial charge in [-0.1, -0.05) is 42.5 Å². The molecule has 0 unspecified atom stereocenters. The number of halogens is 1. The van der Waals surface area contributed by atoms with Crippen molar-refractivity contribution in [2.24, 2.45) is 4.99 Å². The van der Waals surface area contributed by atoms with Crippen molar-refractivity contribution in [3.8, 4) is 5.75 Å². The molecule has 2 aromatic rings. The summed E-state index contributed by atoms with van der Waals surface area (Å²) in [6.07, 6.45) is 0. The molecule has 0 aliphatic rings. The lowest BCUT2D eigenvalue weighted by atomic mass is 10.1. The van der Waals surface area contributed by atoms with E-state index in [9.17, 15) is 8.42 Å². The Morgan fingerprint density at radius 2 is 1.80 bits per heavy atom. The van der Waals surface area contributed by atoms with E-state index in [4.69, 9.17) is 4.74 Å². The highest BCUT2D eigenvalue weighted by molar-refractivity contribution is 14.0. The first-order valence-corrected chi connectivity index (χ1v) is 11.2. The quantitative estimate of drug-likeness (QED) is 0.272. The molecule has 0 amide bonds. The highest BCUT2D eigenvalue weighted by Gasteiger charge is 2.09. The number of sulfonamides is 1. The topological polar surface area (TPSA) is 83.0 Å². The number of likely N-dealkylation sites (N-methyl/N-ethyl adjacent to an activating group) is 1. The lowest BCUT2D eigenvalue weighted by Gasteiger charge is -2.22. The zero-order chi connectivity index (χ0) is 21.1. The molecule has 0 fully saturated rings. The van der Waals surface area contributed by atoms with E-state index in [1.165, 1.54) is 7.05 Å². The van der Waals surface area contributed by atoms with Crippen LogP contribution in [0.4, 0.5) is 0 Å². The average Bonchev–Trinajstić information content (AvgIpc) is 2.72. The van der Waals surface area contributed by atoms with Crippen molar-refractivity contribution in [2.45, 2.75) is 19.2 Å². The molecule has 0 aromatic heterocycles. The van der Waals surface area contributed by atoms with Gasteiger partial charge in [0, 0.05) is 13.6 Å². The van der Waals surface area contributed by atoms with E-state index < -0.39 is 10.0 Å². The van der Waals surface area contributed by atoms with E-state index in [0.29, 0.717) is 19.7 Å². The van der Waals surface area contributed by atoms with Crippen LogP contribution in [0.1, 0.15) is 18.1 Å². The number of guanidine groups is 1. The van der Waals surface area contributed by atoms with Gasteiger partial charge < -0.3 is 15.0 Å². The maximum absolute atomic E-state index is 11.8. The molecule has 0 aliphatic heterocycles. The Morgan fingerprint density at radius 3 is 2.47 bits per heavy atom. The van der Waals surface area contributed by atoms with Crippen molar-refractivity contribution in [3.05, 3.63) is 65.7 Å². The van der Waals surface area contributed by atoms with E-state index in [0.717, 1.165) is 29.4 Å². The van der Waals surface area contributed by atoms with E-state index in [2.05, 4.69) is 15.0 Å².